The first-order valence-electron chi connectivity index (χ1n) is 6.63. The molecule has 0 aliphatic carbocycles. The van der Waals surface area contributed by atoms with Gasteiger partial charge in [-0.1, -0.05) is 5.16 Å². The minimum absolute atomic E-state index is 0.0584. The molecule has 116 valence electrons. The quantitative estimate of drug-likeness (QED) is 0.367. The summed E-state index contributed by atoms with van der Waals surface area (Å²) in [4.78, 5) is 16.2. The van der Waals surface area contributed by atoms with Crippen molar-refractivity contribution in [3.63, 3.8) is 0 Å². The summed E-state index contributed by atoms with van der Waals surface area (Å²) in [5.74, 6) is 0.108. The van der Waals surface area contributed by atoms with Gasteiger partial charge in [0.05, 0.1) is 17.4 Å². The van der Waals surface area contributed by atoms with Crippen molar-refractivity contribution >= 4 is 27.7 Å². The lowest BCUT2D eigenvalue weighted by Gasteiger charge is -2.43. The van der Waals surface area contributed by atoms with Crippen molar-refractivity contribution in [1.82, 2.24) is 9.80 Å². The first kappa shape index (κ1) is 15.8. The second kappa shape index (κ2) is 6.07. The number of furan rings is 1. The van der Waals surface area contributed by atoms with Crippen LogP contribution in [0.25, 0.3) is 0 Å². The predicted octanol–water partition coefficient (Wildman–Crippen LogP) is 1.32. The molecule has 1 fully saturated rings. The number of hydrogen-bond donors (Lipinski definition) is 2. The van der Waals surface area contributed by atoms with Gasteiger partial charge in [0.2, 0.25) is 0 Å². The predicted molar refractivity (Wildman–Crippen MR) is 81.4 cm³/mol. The fourth-order valence-corrected chi connectivity index (χ4v) is 2.78. The number of carbonyl (C=O) groups excluding carboxylic acids is 1. The van der Waals surface area contributed by atoms with E-state index < -0.39 is 5.54 Å². The topological polar surface area (TPSA) is 95.3 Å². The SMILES string of the molecule is CC(C)(/C(N)=N/O)N1CCN(C(=O)c2ccoc2Br)CC1. The highest BCUT2D eigenvalue weighted by Crippen LogP contribution is 2.22. The maximum absolute atomic E-state index is 12.4. The van der Waals surface area contributed by atoms with Crippen molar-refractivity contribution in [2.24, 2.45) is 10.9 Å². The van der Waals surface area contributed by atoms with E-state index in [9.17, 15) is 4.79 Å². The summed E-state index contributed by atoms with van der Waals surface area (Å²) in [6.45, 7) is 6.27. The van der Waals surface area contributed by atoms with Crippen LogP contribution in [0.5, 0.6) is 0 Å². The van der Waals surface area contributed by atoms with Crippen molar-refractivity contribution in [3.05, 3.63) is 22.6 Å². The van der Waals surface area contributed by atoms with Gasteiger partial charge < -0.3 is 20.3 Å². The maximum atomic E-state index is 12.4. The van der Waals surface area contributed by atoms with Crippen LogP contribution in [0.2, 0.25) is 0 Å². The zero-order valence-corrected chi connectivity index (χ0v) is 13.6. The van der Waals surface area contributed by atoms with Crippen LogP contribution < -0.4 is 5.73 Å². The first-order valence-corrected chi connectivity index (χ1v) is 7.42. The van der Waals surface area contributed by atoms with Gasteiger partial charge in [0.25, 0.3) is 5.91 Å². The van der Waals surface area contributed by atoms with E-state index in [4.69, 9.17) is 15.4 Å². The molecule has 1 aromatic heterocycles. The van der Waals surface area contributed by atoms with E-state index in [2.05, 4.69) is 26.0 Å². The van der Waals surface area contributed by atoms with Gasteiger partial charge in [-0.05, 0) is 35.8 Å². The van der Waals surface area contributed by atoms with Gasteiger partial charge >= 0.3 is 0 Å². The zero-order valence-electron chi connectivity index (χ0n) is 12.0. The van der Waals surface area contributed by atoms with Crippen molar-refractivity contribution in [1.29, 1.82) is 0 Å². The van der Waals surface area contributed by atoms with Crippen LogP contribution in [-0.2, 0) is 0 Å². The molecule has 1 aliphatic heterocycles. The van der Waals surface area contributed by atoms with E-state index >= 15 is 0 Å². The van der Waals surface area contributed by atoms with Gasteiger partial charge in [-0.15, -0.1) is 0 Å². The van der Waals surface area contributed by atoms with Crippen LogP contribution >= 0.6 is 15.9 Å². The number of nitrogens with two attached hydrogens (primary N) is 1. The number of halogens is 1. The van der Waals surface area contributed by atoms with E-state index in [0.29, 0.717) is 36.4 Å². The summed E-state index contributed by atoms with van der Waals surface area (Å²) < 4.78 is 5.55. The van der Waals surface area contributed by atoms with Crippen molar-refractivity contribution in [2.45, 2.75) is 19.4 Å². The molecule has 2 rings (SSSR count). The number of amidine groups is 1. The lowest BCUT2D eigenvalue weighted by molar-refractivity contribution is 0.0530. The molecule has 2 heterocycles. The van der Waals surface area contributed by atoms with Crippen LogP contribution in [0.1, 0.15) is 24.2 Å². The Labute approximate surface area is 131 Å². The molecule has 7 nitrogen and oxygen atoms in total. The van der Waals surface area contributed by atoms with Gasteiger partial charge in [0.1, 0.15) is 0 Å². The molecule has 0 atom stereocenters. The summed E-state index contributed by atoms with van der Waals surface area (Å²) in [5.41, 5.74) is 5.72. The molecule has 21 heavy (non-hydrogen) atoms. The second-order valence-electron chi connectivity index (χ2n) is 5.43. The number of piperazine rings is 1. The molecule has 0 bridgehead atoms. The number of amides is 1. The third kappa shape index (κ3) is 3.06. The highest BCUT2D eigenvalue weighted by molar-refractivity contribution is 9.10. The lowest BCUT2D eigenvalue weighted by Crippen LogP contribution is -2.60. The van der Waals surface area contributed by atoms with Crippen molar-refractivity contribution in [2.75, 3.05) is 26.2 Å². The van der Waals surface area contributed by atoms with Gasteiger partial charge in [-0.25, -0.2) is 0 Å². The normalized spacial score (nSPS) is 18.0. The molecule has 1 aromatic rings. The summed E-state index contributed by atoms with van der Waals surface area (Å²) in [7, 11) is 0. The minimum Gasteiger partial charge on any atom is -0.457 e. The van der Waals surface area contributed by atoms with Gasteiger partial charge in [0, 0.05) is 26.2 Å². The van der Waals surface area contributed by atoms with Gasteiger partial charge in [0.15, 0.2) is 10.5 Å². The van der Waals surface area contributed by atoms with Gasteiger partial charge in [-0.2, -0.15) is 0 Å². The Morgan fingerprint density at radius 3 is 2.52 bits per heavy atom. The Kier molecular flexibility index (Phi) is 4.58. The maximum Gasteiger partial charge on any atom is 0.258 e. The average molecular weight is 359 g/mol. The molecule has 0 saturated carbocycles. The molecule has 0 spiro atoms. The Balaban J connectivity index is 2.01. The summed E-state index contributed by atoms with van der Waals surface area (Å²) in [5, 5.41) is 11.9. The van der Waals surface area contributed by atoms with Gasteiger partial charge in [-0.3, -0.25) is 9.69 Å². The van der Waals surface area contributed by atoms with Crippen LogP contribution in [0, 0.1) is 0 Å². The Morgan fingerprint density at radius 2 is 2.05 bits per heavy atom. The standard InChI is InChI=1S/C13H19BrN4O3/c1-13(2,12(15)16-20)18-6-4-17(5-7-18)11(19)9-3-8-21-10(9)14/h3,8,20H,4-7H2,1-2H3,(H2,15,16). The number of nitrogens with zero attached hydrogens (tertiary/aromatic N) is 3. The van der Waals surface area contributed by atoms with Crippen molar-refractivity contribution < 1.29 is 14.4 Å². The minimum atomic E-state index is -0.542. The van der Waals surface area contributed by atoms with Crippen LogP contribution in [0.15, 0.2) is 26.6 Å². The lowest BCUT2D eigenvalue weighted by atomic mass is 10.00. The van der Waals surface area contributed by atoms with E-state index in [0.717, 1.165) is 0 Å². The molecule has 0 unspecified atom stereocenters. The van der Waals surface area contributed by atoms with E-state index in [1.807, 2.05) is 13.8 Å². The number of rotatable bonds is 3. The van der Waals surface area contributed by atoms with Crippen molar-refractivity contribution in [3.8, 4) is 0 Å². The van der Waals surface area contributed by atoms with E-state index in [1.54, 1.807) is 11.0 Å². The Bertz CT molecular complexity index is 547. The molecule has 0 aromatic carbocycles. The van der Waals surface area contributed by atoms with Crippen LogP contribution in [-0.4, -0.2) is 58.5 Å². The van der Waals surface area contributed by atoms with Crippen LogP contribution in [0.4, 0.5) is 0 Å². The first-order chi connectivity index (χ1) is 9.87. The number of hydrogen-bond acceptors (Lipinski definition) is 5. The molecule has 0 radical (unpaired) electrons. The average Bonchev–Trinajstić information content (AvgIpc) is 2.91. The fraction of sp³-hybridized carbons (Fsp3) is 0.538. The Morgan fingerprint density at radius 1 is 1.43 bits per heavy atom. The fourth-order valence-electron chi connectivity index (χ4n) is 2.37. The van der Waals surface area contributed by atoms with E-state index in [-0.39, 0.29) is 11.7 Å². The van der Waals surface area contributed by atoms with Crippen LogP contribution in [0.3, 0.4) is 0 Å². The molecule has 1 aliphatic rings. The molecular formula is C13H19BrN4O3. The molecule has 1 amide bonds. The Hall–Kier alpha value is -1.54. The second-order valence-corrected chi connectivity index (χ2v) is 6.15. The summed E-state index contributed by atoms with van der Waals surface area (Å²) in [6, 6.07) is 1.65. The highest BCUT2D eigenvalue weighted by atomic mass is 79.9. The number of carbonyl (C=O) groups is 1. The zero-order chi connectivity index (χ0) is 15.6. The monoisotopic (exact) mass is 358 g/mol. The third-order valence-corrected chi connectivity index (χ3v) is 4.55. The largest absolute Gasteiger partial charge is 0.457 e. The highest BCUT2D eigenvalue weighted by Gasteiger charge is 2.35. The third-order valence-electron chi connectivity index (χ3n) is 3.94. The molecule has 3 N–H and O–H groups in total. The molecule has 8 heteroatoms. The molecule has 1 saturated heterocycles. The summed E-state index contributed by atoms with van der Waals surface area (Å²) in [6.07, 6.45) is 1.48. The molecular weight excluding hydrogens is 340 g/mol. The smallest absolute Gasteiger partial charge is 0.258 e. The number of oxime groups is 1. The van der Waals surface area contributed by atoms with E-state index in [1.165, 1.54) is 6.26 Å². The summed E-state index contributed by atoms with van der Waals surface area (Å²) >= 11 is 3.22.